The average Bonchev–Trinajstić information content (AvgIpc) is 2.88. The maximum atomic E-state index is 11.9. The molecule has 2 atom stereocenters. The fraction of sp³-hybridized carbons (Fsp3) is 0.909. The van der Waals surface area contributed by atoms with E-state index in [4.69, 9.17) is 5.73 Å². The number of amides is 1. The summed E-state index contributed by atoms with van der Waals surface area (Å²) in [5.74, 6) is 1.62. The second kappa shape index (κ2) is 3.89. The van der Waals surface area contributed by atoms with Crippen LogP contribution in [0.4, 0.5) is 0 Å². The summed E-state index contributed by atoms with van der Waals surface area (Å²) < 4.78 is 0. The first-order valence-corrected chi connectivity index (χ1v) is 5.72. The van der Waals surface area contributed by atoms with Crippen molar-refractivity contribution in [1.29, 1.82) is 0 Å². The standard InChI is InChI=1S/C11H20N2O/c1-8-4-5-13(10(8)7-12)11(14)6-9-2-3-9/h8-10H,2-7,12H2,1H3. The van der Waals surface area contributed by atoms with Crippen LogP contribution in [0.15, 0.2) is 0 Å². The van der Waals surface area contributed by atoms with Crippen molar-refractivity contribution in [2.45, 2.75) is 38.6 Å². The van der Waals surface area contributed by atoms with Gasteiger partial charge in [0.25, 0.3) is 0 Å². The lowest BCUT2D eigenvalue weighted by Gasteiger charge is -2.25. The minimum atomic E-state index is 0.307. The van der Waals surface area contributed by atoms with Crippen molar-refractivity contribution in [2.75, 3.05) is 13.1 Å². The van der Waals surface area contributed by atoms with Gasteiger partial charge in [0.15, 0.2) is 0 Å². The lowest BCUT2D eigenvalue weighted by Crippen LogP contribution is -2.42. The molecule has 1 heterocycles. The van der Waals surface area contributed by atoms with Crippen molar-refractivity contribution in [3.63, 3.8) is 0 Å². The van der Waals surface area contributed by atoms with Crippen LogP contribution in [0.25, 0.3) is 0 Å². The summed E-state index contributed by atoms with van der Waals surface area (Å²) >= 11 is 0. The van der Waals surface area contributed by atoms with E-state index in [1.165, 1.54) is 12.8 Å². The first-order chi connectivity index (χ1) is 6.72. The highest BCUT2D eigenvalue weighted by atomic mass is 16.2. The molecule has 1 saturated carbocycles. The molecule has 0 radical (unpaired) electrons. The van der Waals surface area contributed by atoms with Gasteiger partial charge in [0.05, 0.1) is 0 Å². The van der Waals surface area contributed by atoms with E-state index in [0.717, 1.165) is 19.4 Å². The third kappa shape index (κ3) is 1.92. The molecule has 0 spiro atoms. The van der Waals surface area contributed by atoms with Crippen LogP contribution in [-0.2, 0) is 4.79 Å². The Kier molecular flexibility index (Phi) is 2.77. The number of nitrogens with two attached hydrogens (primary N) is 1. The summed E-state index contributed by atoms with van der Waals surface area (Å²) in [4.78, 5) is 13.9. The number of hydrogen-bond donors (Lipinski definition) is 1. The molecule has 14 heavy (non-hydrogen) atoms. The maximum absolute atomic E-state index is 11.9. The minimum Gasteiger partial charge on any atom is -0.338 e. The Bertz CT molecular complexity index is 225. The molecule has 3 heteroatoms. The number of rotatable bonds is 3. The first-order valence-electron chi connectivity index (χ1n) is 5.72. The van der Waals surface area contributed by atoms with Crippen molar-refractivity contribution in [3.05, 3.63) is 0 Å². The van der Waals surface area contributed by atoms with E-state index in [2.05, 4.69) is 6.92 Å². The Morgan fingerprint density at radius 2 is 2.14 bits per heavy atom. The maximum Gasteiger partial charge on any atom is 0.223 e. The summed E-state index contributed by atoms with van der Waals surface area (Å²) in [7, 11) is 0. The third-order valence-corrected chi connectivity index (χ3v) is 3.60. The van der Waals surface area contributed by atoms with Crippen LogP contribution in [0.5, 0.6) is 0 Å². The van der Waals surface area contributed by atoms with Crippen molar-refractivity contribution in [2.24, 2.45) is 17.6 Å². The van der Waals surface area contributed by atoms with Crippen molar-refractivity contribution in [3.8, 4) is 0 Å². The summed E-state index contributed by atoms with van der Waals surface area (Å²) in [6.07, 6.45) is 4.40. The van der Waals surface area contributed by atoms with Crippen molar-refractivity contribution >= 4 is 5.91 Å². The molecule has 1 saturated heterocycles. The smallest absolute Gasteiger partial charge is 0.223 e. The van der Waals surface area contributed by atoms with E-state index in [0.29, 0.717) is 30.3 Å². The van der Waals surface area contributed by atoms with Gasteiger partial charge >= 0.3 is 0 Å². The molecule has 1 aliphatic heterocycles. The molecule has 1 amide bonds. The highest BCUT2D eigenvalue weighted by Gasteiger charge is 2.35. The predicted octanol–water partition coefficient (Wildman–Crippen LogP) is 0.982. The third-order valence-electron chi connectivity index (χ3n) is 3.60. The lowest BCUT2D eigenvalue weighted by molar-refractivity contribution is -0.132. The summed E-state index contributed by atoms with van der Waals surface area (Å²) in [6, 6.07) is 0.307. The molecular weight excluding hydrogens is 176 g/mol. The van der Waals surface area contributed by atoms with Crippen molar-refractivity contribution in [1.82, 2.24) is 4.90 Å². The topological polar surface area (TPSA) is 46.3 Å². The van der Waals surface area contributed by atoms with E-state index in [9.17, 15) is 4.79 Å². The van der Waals surface area contributed by atoms with E-state index < -0.39 is 0 Å². The van der Waals surface area contributed by atoms with Crippen LogP contribution in [0.2, 0.25) is 0 Å². The van der Waals surface area contributed by atoms with E-state index in [1.54, 1.807) is 0 Å². The van der Waals surface area contributed by atoms with Crippen LogP contribution in [0, 0.1) is 11.8 Å². The van der Waals surface area contributed by atoms with Gasteiger partial charge in [-0.25, -0.2) is 0 Å². The lowest BCUT2D eigenvalue weighted by atomic mass is 10.0. The van der Waals surface area contributed by atoms with Gasteiger partial charge in [-0.3, -0.25) is 4.79 Å². The Balaban J connectivity index is 1.91. The largest absolute Gasteiger partial charge is 0.338 e. The molecule has 3 nitrogen and oxygen atoms in total. The van der Waals surface area contributed by atoms with Gasteiger partial charge in [-0.05, 0) is 31.1 Å². The molecule has 0 aromatic rings. The van der Waals surface area contributed by atoms with E-state index in [1.807, 2.05) is 4.90 Å². The minimum absolute atomic E-state index is 0.307. The molecule has 2 N–H and O–H groups in total. The summed E-state index contributed by atoms with van der Waals surface area (Å²) in [5, 5.41) is 0. The summed E-state index contributed by atoms with van der Waals surface area (Å²) in [6.45, 7) is 3.74. The van der Waals surface area contributed by atoms with Gasteiger partial charge < -0.3 is 10.6 Å². The van der Waals surface area contributed by atoms with Crippen LogP contribution < -0.4 is 5.73 Å². The van der Waals surface area contributed by atoms with E-state index >= 15 is 0 Å². The zero-order valence-electron chi connectivity index (χ0n) is 8.91. The monoisotopic (exact) mass is 196 g/mol. The molecule has 2 unspecified atom stereocenters. The normalized spacial score (nSPS) is 32.3. The highest BCUT2D eigenvalue weighted by Crippen LogP contribution is 2.34. The molecule has 0 aromatic carbocycles. The van der Waals surface area contributed by atoms with Gasteiger partial charge in [-0.2, -0.15) is 0 Å². The molecule has 0 bridgehead atoms. The Morgan fingerprint density at radius 3 is 2.71 bits per heavy atom. The molecular formula is C11H20N2O. The fourth-order valence-corrected chi connectivity index (χ4v) is 2.36. The first kappa shape index (κ1) is 9.97. The number of likely N-dealkylation sites (tertiary alicyclic amines) is 1. The fourth-order valence-electron chi connectivity index (χ4n) is 2.36. The second-order valence-corrected chi connectivity index (χ2v) is 4.80. The zero-order valence-corrected chi connectivity index (χ0v) is 8.91. The highest BCUT2D eigenvalue weighted by molar-refractivity contribution is 5.77. The molecule has 2 aliphatic rings. The Hall–Kier alpha value is -0.570. The van der Waals surface area contributed by atoms with Crippen LogP contribution in [0.3, 0.4) is 0 Å². The van der Waals surface area contributed by atoms with Gasteiger partial charge in [-0.1, -0.05) is 6.92 Å². The number of nitrogens with zero attached hydrogens (tertiary/aromatic N) is 1. The van der Waals surface area contributed by atoms with E-state index in [-0.39, 0.29) is 0 Å². The molecule has 2 rings (SSSR count). The quantitative estimate of drug-likeness (QED) is 0.731. The average molecular weight is 196 g/mol. The Labute approximate surface area is 85.6 Å². The van der Waals surface area contributed by atoms with Crippen molar-refractivity contribution < 1.29 is 4.79 Å². The SMILES string of the molecule is CC1CCN(C(=O)CC2CC2)C1CN. The summed E-state index contributed by atoms with van der Waals surface area (Å²) in [5.41, 5.74) is 5.70. The number of carbonyl (C=O) groups is 1. The molecule has 80 valence electrons. The van der Waals surface area contributed by atoms with Crippen LogP contribution >= 0.6 is 0 Å². The van der Waals surface area contributed by atoms with Gasteiger partial charge in [0.2, 0.25) is 5.91 Å². The molecule has 2 fully saturated rings. The second-order valence-electron chi connectivity index (χ2n) is 4.80. The zero-order chi connectivity index (χ0) is 10.1. The predicted molar refractivity (Wildman–Crippen MR) is 55.7 cm³/mol. The number of carbonyl (C=O) groups excluding carboxylic acids is 1. The van der Waals surface area contributed by atoms with Crippen LogP contribution in [0.1, 0.15) is 32.6 Å². The van der Waals surface area contributed by atoms with Gasteiger partial charge in [0, 0.05) is 25.6 Å². The molecule has 1 aliphatic carbocycles. The van der Waals surface area contributed by atoms with Gasteiger partial charge in [-0.15, -0.1) is 0 Å². The molecule has 0 aromatic heterocycles. The number of hydrogen-bond acceptors (Lipinski definition) is 2. The van der Waals surface area contributed by atoms with Gasteiger partial charge in [0.1, 0.15) is 0 Å². The van der Waals surface area contributed by atoms with Crippen LogP contribution in [-0.4, -0.2) is 29.9 Å². The Morgan fingerprint density at radius 1 is 1.43 bits per heavy atom.